The van der Waals surface area contributed by atoms with Gasteiger partial charge in [-0.25, -0.2) is 0 Å². The van der Waals surface area contributed by atoms with Crippen LogP contribution in [0.15, 0.2) is 30.3 Å². The van der Waals surface area contributed by atoms with Gasteiger partial charge in [0.05, 0.1) is 17.2 Å². The summed E-state index contributed by atoms with van der Waals surface area (Å²) in [4.78, 5) is 26.6. The minimum absolute atomic E-state index is 0.00954. The minimum Gasteiger partial charge on any atom is -0.481 e. The molecule has 2 aliphatic rings. The van der Waals surface area contributed by atoms with Crippen LogP contribution >= 0.6 is 0 Å². The molecule has 1 aliphatic carbocycles. The van der Waals surface area contributed by atoms with Crippen molar-refractivity contribution in [1.82, 2.24) is 15.5 Å². The highest BCUT2D eigenvalue weighted by atomic mass is 16.4. The van der Waals surface area contributed by atoms with E-state index in [4.69, 9.17) is 11.1 Å². The Kier molecular flexibility index (Phi) is 6.34. The number of rotatable bonds is 6. The summed E-state index contributed by atoms with van der Waals surface area (Å²) in [5.74, 6) is -0.712. The van der Waals surface area contributed by atoms with Crippen LogP contribution in [0.5, 0.6) is 0 Å². The predicted octanol–water partition coefficient (Wildman–Crippen LogP) is 2.40. The normalized spacial score (nSPS) is 20.7. The van der Waals surface area contributed by atoms with Gasteiger partial charge in [-0.05, 0) is 44.6 Å². The van der Waals surface area contributed by atoms with Crippen LogP contribution in [0.1, 0.15) is 54.4 Å². The molecule has 1 aromatic carbocycles. The molecule has 4 rings (SSSR count). The van der Waals surface area contributed by atoms with Gasteiger partial charge in [0.2, 0.25) is 0 Å². The fourth-order valence-electron chi connectivity index (χ4n) is 4.42. The second-order valence-corrected chi connectivity index (χ2v) is 8.51. The number of anilines is 1. The van der Waals surface area contributed by atoms with Crippen molar-refractivity contribution < 1.29 is 14.7 Å². The fraction of sp³-hybridized carbons (Fsp3) is 0.435. The van der Waals surface area contributed by atoms with E-state index in [1.54, 1.807) is 18.2 Å². The maximum atomic E-state index is 13.3. The van der Waals surface area contributed by atoms with Crippen molar-refractivity contribution >= 4 is 23.5 Å². The lowest BCUT2D eigenvalue weighted by atomic mass is 9.86. The Morgan fingerprint density at radius 2 is 1.72 bits per heavy atom. The number of hydrogen-bond donors (Lipinski definition) is 4. The Balaban J connectivity index is 1.58. The standard InChI is InChI=1S/C23H28N6O3/c24-20(25)15-5-3-14(4-6-15)19-13-18(21(28-27-19)29-11-1-2-12-29)22(30)26-17-9-7-16(8-10-17)23(31)32/h3-6,13,16-17H,1-2,7-12H2,(H3,24,25)(H,26,30)(H,31,32)/t16-,17-. The quantitative estimate of drug-likeness (QED) is 0.402. The van der Waals surface area contributed by atoms with Crippen LogP contribution in [0.3, 0.4) is 0 Å². The van der Waals surface area contributed by atoms with Crippen LogP contribution in [0.4, 0.5) is 5.82 Å². The number of nitrogens with one attached hydrogen (secondary N) is 2. The molecule has 0 spiro atoms. The van der Waals surface area contributed by atoms with Crippen LogP contribution in [0.2, 0.25) is 0 Å². The molecule has 9 nitrogen and oxygen atoms in total. The van der Waals surface area contributed by atoms with Crippen molar-refractivity contribution in [2.45, 2.75) is 44.6 Å². The lowest BCUT2D eigenvalue weighted by Crippen LogP contribution is -2.39. The number of amidine groups is 1. The van der Waals surface area contributed by atoms with Crippen molar-refractivity contribution in [3.05, 3.63) is 41.5 Å². The molecule has 9 heteroatoms. The van der Waals surface area contributed by atoms with Crippen LogP contribution < -0.4 is 16.0 Å². The van der Waals surface area contributed by atoms with Gasteiger partial charge in [0.1, 0.15) is 5.84 Å². The number of carbonyl (C=O) groups excluding carboxylic acids is 1. The van der Waals surface area contributed by atoms with E-state index in [0.717, 1.165) is 31.5 Å². The van der Waals surface area contributed by atoms with Crippen LogP contribution in [0.25, 0.3) is 11.3 Å². The van der Waals surface area contributed by atoms with E-state index in [-0.39, 0.29) is 23.7 Å². The van der Waals surface area contributed by atoms with Gasteiger partial charge in [-0.15, -0.1) is 10.2 Å². The first-order chi connectivity index (χ1) is 15.4. The van der Waals surface area contributed by atoms with Gasteiger partial charge in [0, 0.05) is 30.3 Å². The molecule has 2 aromatic rings. The number of amides is 1. The smallest absolute Gasteiger partial charge is 0.306 e. The summed E-state index contributed by atoms with van der Waals surface area (Å²) >= 11 is 0. The third kappa shape index (κ3) is 4.71. The number of carbonyl (C=O) groups is 2. The average molecular weight is 437 g/mol. The lowest BCUT2D eigenvalue weighted by Gasteiger charge is -2.27. The minimum atomic E-state index is -0.759. The van der Waals surface area contributed by atoms with Gasteiger partial charge >= 0.3 is 5.97 Å². The predicted molar refractivity (Wildman–Crippen MR) is 121 cm³/mol. The molecule has 2 heterocycles. The van der Waals surface area contributed by atoms with E-state index in [0.29, 0.717) is 48.3 Å². The number of carboxylic acids is 1. The maximum absolute atomic E-state index is 13.3. The number of hydrogen-bond acceptors (Lipinski definition) is 6. The summed E-state index contributed by atoms with van der Waals surface area (Å²) in [6.45, 7) is 1.68. The van der Waals surface area contributed by atoms with Gasteiger partial charge in [-0.1, -0.05) is 24.3 Å². The maximum Gasteiger partial charge on any atom is 0.306 e. The Hall–Kier alpha value is -3.49. The zero-order chi connectivity index (χ0) is 22.7. The molecular formula is C23H28N6O3. The summed E-state index contributed by atoms with van der Waals surface area (Å²) in [6.07, 6.45) is 4.55. The number of nitrogens with zero attached hydrogens (tertiary/aromatic N) is 3. The number of nitrogens with two attached hydrogens (primary N) is 1. The summed E-state index contributed by atoms with van der Waals surface area (Å²) in [6, 6.07) is 8.83. The topological polar surface area (TPSA) is 145 Å². The first-order valence-corrected chi connectivity index (χ1v) is 11.0. The van der Waals surface area contributed by atoms with E-state index < -0.39 is 5.97 Å². The number of benzene rings is 1. The van der Waals surface area contributed by atoms with Gasteiger partial charge in [-0.3, -0.25) is 15.0 Å². The Morgan fingerprint density at radius 1 is 1.06 bits per heavy atom. The van der Waals surface area contributed by atoms with Crippen LogP contribution in [-0.4, -0.2) is 52.1 Å². The molecule has 1 amide bonds. The van der Waals surface area contributed by atoms with Crippen LogP contribution in [0, 0.1) is 11.3 Å². The number of carboxylic acid groups (broad SMARTS) is 1. The third-order valence-electron chi connectivity index (χ3n) is 6.33. The molecule has 0 unspecified atom stereocenters. The van der Waals surface area contributed by atoms with Crippen LogP contribution in [-0.2, 0) is 4.79 Å². The second-order valence-electron chi connectivity index (χ2n) is 8.51. The molecule has 1 aromatic heterocycles. The summed E-state index contributed by atoms with van der Waals surface area (Å²) in [7, 11) is 0. The number of nitrogen functional groups attached to an aromatic ring is 1. The fourth-order valence-corrected chi connectivity index (χ4v) is 4.42. The van der Waals surface area contributed by atoms with Crippen molar-refractivity contribution in [2.75, 3.05) is 18.0 Å². The first-order valence-electron chi connectivity index (χ1n) is 11.0. The molecule has 32 heavy (non-hydrogen) atoms. The molecule has 168 valence electrons. The van der Waals surface area contributed by atoms with E-state index in [1.165, 1.54) is 0 Å². The van der Waals surface area contributed by atoms with Gasteiger partial charge < -0.3 is 21.1 Å². The summed E-state index contributed by atoms with van der Waals surface area (Å²) < 4.78 is 0. The largest absolute Gasteiger partial charge is 0.481 e. The Labute approximate surface area is 186 Å². The van der Waals surface area contributed by atoms with Crippen molar-refractivity contribution in [2.24, 2.45) is 11.7 Å². The molecule has 0 radical (unpaired) electrons. The van der Waals surface area contributed by atoms with E-state index in [1.807, 2.05) is 12.1 Å². The highest BCUT2D eigenvalue weighted by Gasteiger charge is 2.29. The first kappa shape index (κ1) is 21.7. The Bertz CT molecular complexity index is 1010. The molecule has 1 saturated heterocycles. The summed E-state index contributed by atoms with van der Waals surface area (Å²) in [5, 5.41) is 28.6. The number of aromatic nitrogens is 2. The van der Waals surface area contributed by atoms with E-state index >= 15 is 0 Å². The molecule has 1 saturated carbocycles. The molecule has 2 fully saturated rings. The van der Waals surface area contributed by atoms with Crippen molar-refractivity contribution in [3.8, 4) is 11.3 Å². The van der Waals surface area contributed by atoms with E-state index in [2.05, 4.69) is 20.4 Å². The summed E-state index contributed by atoms with van der Waals surface area (Å²) in [5.41, 5.74) is 7.99. The molecular weight excluding hydrogens is 408 g/mol. The van der Waals surface area contributed by atoms with Gasteiger partial charge in [0.25, 0.3) is 5.91 Å². The molecule has 1 aliphatic heterocycles. The third-order valence-corrected chi connectivity index (χ3v) is 6.33. The monoisotopic (exact) mass is 436 g/mol. The second kappa shape index (κ2) is 9.33. The zero-order valence-corrected chi connectivity index (χ0v) is 17.9. The average Bonchev–Trinajstić information content (AvgIpc) is 3.34. The SMILES string of the molecule is N=C(N)c1ccc(-c2cc(C(=O)N[C@H]3CC[C@H](C(=O)O)CC3)c(N3CCCC3)nn2)cc1. The molecule has 0 atom stereocenters. The highest BCUT2D eigenvalue weighted by Crippen LogP contribution is 2.28. The van der Waals surface area contributed by atoms with E-state index in [9.17, 15) is 14.7 Å². The zero-order valence-electron chi connectivity index (χ0n) is 17.9. The highest BCUT2D eigenvalue weighted by molar-refractivity contribution is 6.00. The molecule has 0 bridgehead atoms. The number of aliphatic carboxylic acids is 1. The lowest BCUT2D eigenvalue weighted by molar-refractivity contribution is -0.142. The van der Waals surface area contributed by atoms with Gasteiger partial charge in [0.15, 0.2) is 5.82 Å². The Morgan fingerprint density at radius 3 is 2.31 bits per heavy atom. The van der Waals surface area contributed by atoms with Gasteiger partial charge in [-0.2, -0.15) is 0 Å². The molecule has 5 N–H and O–H groups in total. The van der Waals surface area contributed by atoms with Crippen molar-refractivity contribution in [3.63, 3.8) is 0 Å². The van der Waals surface area contributed by atoms with Crippen molar-refractivity contribution in [1.29, 1.82) is 5.41 Å².